The second-order valence-electron chi connectivity index (χ2n) is 10.3. The Hall–Kier alpha value is -2.41. The number of aryl methyl sites for hydroxylation is 2. The minimum atomic E-state index is -0.637. The minimum absolute atomic E-state index is 0.0509. The van der Waals surface area contributed by atoms with E-state index in [0.29, 0.717) is 18.8 Å². The first-order chi connectivity index (χ1) is 14.5. The highest BCUT2D eigenvalue weighted by Gasteiger charge is 2.42. The van der Waals surface area contributed by atoms with Crippen LogP contribution in [0.15, 0.2) is 12.1 Å². The molecule has 31 heavy (non-hydrogen) atoms. The zero-order chi connectivity index (χ0) is 22.9. The predicted octanol–water partition coefficient (Wildman–Crippen LogP) is 4.59. The lowest BCUT2D eigenvalue weighted by molar-refractivity contribution is -0.142. The normalized spacial score (nSPS) is 22.8. The number of amides is 1. The molecule has 0 spiro atoms. The summed E-state index contributed by atoms with van der Waals surface area (Å²) in [4.78, 5) is 40.8. The highest BCUT2D eigenvalue weighted by molar-refractivity contribution is 6.10. The summed E-state index contributed by atoms with van der Waals surface area (Å²) < 4.78 is 0. The summed E-state index contributed by atoms with van der Waals surface area (Å²) in [6, 6.07) is 3.96. The van der Waals surface area contributed by atoms with Crippen LogP contribution in [0.25, 0.3) is 0 Å². The number of ketones is 2. The predicted molar refractivity (Wildman–Crippen MR) is 123 cm³/mol. The van der Waals surface area contributed by atoms with Crippen molar-refractivity contribution in [3.63, 3.8) is 0 Å². The third-order valence-electron chi connectivity index (χ3n) is 6.86. The Bertz CT molecular complexity index is 908. The zero-order valence-corrected chi connectivity index (χ0v) is 19.8. The molecule has 2 fully saturated rings. The average molecular weight is 422 g/mol. The molecule has 1 aromatic rings. The molecule has 0 unspecified atom stereocenters. The van der Waals surface area contributed by atoms with E-state index in [2.05, 4.69) is 11.8 Å². The lowest BCUT2D eigenvalue weighted by atomic mass is 9.69. The third kappa shape index (κ3) is 4.92. The van der Waals surface area contributed by atoms with Gasteiger partial charge in [-0.3, -0.25) is 14.4 Å². The quantitative estimate of drug-likeness (QED) is 0.518. The van der Waals surface area contributed by atoms with Crippen LogP contribution in [-0.2, 0) is 14.4 Å². The number of piperidine rings is 1. The molecular formula is C27H35NO3. The number of hydrogen-bond acceptors (Lipinski definition) is 3. The van der Waals surface area contributed by atoms with E-state index in [0.717, 1.165) is 48.2 Å². The number of likely N-dealkylation sites (tertiary alicyclic amines) is 1. The number of nitrogens with zero attached hydrogens (tertiary/aromatic N) is 1. The van der Waals surface area contributed by atoms with Crippen LogP contribution in [0.4, 0.5) is 0 Å². The van der Waals surface area contributed by atoms with E-state index < -0.39 is 5.92 Å². The summed E-state index contributed by atoms with van der Waals surface area (Å²) >= 11 is 0. The van der Waals surface area contributed by atoms with Gasteiger partial charge in [0.25, 0.3) is 0 Å². The van der Waals surface area contributed by atoms with Crippen LogP contribution in [-0.4, -0.2) is 35.5 Å². The topological polar surface area (TPSA) is 54.5 Å². The molecule has 1 saturated carbocycles. The van der Waals surface area contributed by atoms with Gasteiger partial charge in [-0.15, -0.1) is 5.92 Å². The van der Waals surface area contributed by atoms with Crippen molar-refractivity contribution in [3.05, 3.63) is 34.4 Å². The van der Waals surface area contributed by atoms with Crippen molar-refractivity contribution in [2.75, 3.05) is 13.1 Å². The summed E-state index contributed by atoms with van der Waals surface area (Å²) in [6.45, 7) is 13.0. The molecule has 0 bridgehead atoms. The number of hydrogen-bond donors (Lipinski definition) is 0. The van der Waals surface area contributed by atoms with Gasteiger partial charge in [-0.1, -0.05) is 26.7 Å². The second-order valence-corrected chi connectivity index (χ2v) is 10.3. The fourth-order valence-corrected chi connectivity index (χ4v) is 5.35. The first-order valence-electron chi connectivity index (χ1n) is 11.4. The number of rotatable bonds is 2. The summed E-state index contributed by atoms with van der Waals surface area (Å²) in [5.74, 6) is 6.06. The van der Waals surface area contributed by atoms with Gasteiger partial charge in [-0.05, 0) is 74.3 Å². The molecule has 0 aromatic heterocycles. The molecule has 1 aliphatic heterocycles. The van der Waals surface area contributed by atoms with Gasteiger partial charge in [-0.2, -0.15) is 0 Å². The van der Waals surface area contributed by atoms with Crippen molar-refractivity contribution >= 4 is 17.5 Å². The highest BCUT2D eigenvalue weighted by atomic mass is 16.2. The van der Waals surface area contributed by atoms with E-state index in [-0.39, 0.29) is 28.8 Å². The first-order valence-corrected chi connectivity index (χ1v) is 11.4. The van der Waals surface area contributed by atoms with Crippen molar-refractivity contribution in [1.82, 2.24) is 4.90 Å². The Labute approximate surface area is 186 Å². The van der Waals surface area contributed by atoms with Gasteiger partial charge >= 0.3 is 0 Å². The zero-order valence-electron chi connectivity index (χ0n) is 19.8. The van der Waals surface area contributed by atoms with Crippen molar-refractivity contribution in [2.45, 2.75) is 73.1 Å². The van der Waals surface area contributed by atoms with E-state index in [1.807, 2.05) is 51.7 Å². The molecule has 0 radical (unpaired) electrons. The number of carbonyl (C=O) groups is 3. The number of benzene rings is 1. The lowest BCUT2D eigenvalue weighted by Crippen LogP contribution is -2.46. The van der Waals surface area contributed by atoms with Crippen molar-refractivity contribution in [3.8, 4) is 11.8 Å². The van der Waals surface area contributed by atoms with Crippen LogP contribution < -0.4 is 0 Å². The maximum absolute atomic E-state index is 13.2. The van der Waals surface area contributed by atoms with Gasteiger partial charge in [0.05, 0.1) is 0 Å². The average Bonchev–Trinajstić information content (AvgIpc) is 2.68. The molecule has 2 aliphatic rings. The molecule has 4 nitrogen and oxygen atoms in total. The van der Waals surface area contributed by atoms with Crippen LogP contribution in [0.1, 0.15) is 81.5 Å². The van der Waals surface area contributed by atoms with Gasteiger partial charge in [0.15, 0.2) is 0 Å². The van der Waals surface area contributed by atoms with Crippen LogP contribution in [0.2, 0.25) is 0 Å². The minimum Gasteiger partial charge on any atom is -0.342 e. The standard InChI is InChI=1S/C27H35NO3/c1-7-8-19-13-17(2)24(18(3)14-19)25-22(29)15-21(16-23(25)30)20-9-11-28(12-10-20)26(31)27(4,5)6/h13-14,20-21,25H,9-12,15-16H2,1-6H3. The van der Waals surface area contributed by atoms with Crippen molar-refractivity contribution in [1.29, 1.82) is 0 Å². The molecule has 0 N–H and O–H groups in total. The fraction of sp³-hybridized carbons (Fsp3) is 0.593. The monoisotopic (exact) mass is 421 g/mol. The molecule has 1 aliphatic carbocycles. The number of carbonyl (C=O) groups excluding carboxylic acids is 3. The molecule has 0 atom stereocenters. The van der Waals surface area contributed by atoms with E-state index in [1.54, 1.807) is 6.92 Å². The molecule has 3 rings (SSSR count). The summed E-state index contributed by atoms with van der Waals surface area (Å²) in [5.41, 5.74) is 3.37. The van der Waals surface area contributed by atoms with Gasteiger partial charge < -0.3 is 4.90 Å². The maximum atomic E-state index is 13.2. The third-order valence-corrected chi connectivity index (χ3v) is 6.86. The van der Waals surface area contributed by atoms with Crippen LogP contribution in [0.5, 0.6) is 0 Å². The summed E-state index contributed by atoms with van der Waals surface area (Å²) in [6.07, 6.45) is 2.67. The maximum Gasteiger partial charge on any atom is 0.227 e. The highest BCUT2D eigenvalue weighted by Crippen LogP contribution is 2.40. The van der Waals surface area contributed by atoms with Crippen LogP contribution in [0, 0.1) is 42.9 Å². The first kappa shape index (κ1) is 23.3. The Morgan fingerprint density at radius 1 is 0.968 bits per heavy atom. The molecular weight excluding hydrogens is 386 g/mol. The van der Waals surface area contributed by atoms with Crippen molar-refractivity contribution in [2.24, 2.45) is 17.3 Å². The second kappa shape index (κ2) is 8.99. The van der Waals surface area contributed by atoms with Crippen LogP contribution >= 0.6 is 0 Å². The smallest absolute Gasteiger partial charge is 0.227 e. The number of Topliss-reactive ketones (excluding diaryl/α,β-unsaturated/α-hetero) is 2. The SMILES string of the molecule is CC#Cc1cc(C)c(C2C(=O)CC(C3CCN(C(=O)C(C)(C)C)CC3)CC2=O)c(C)c1. The molecule has 4 heteroatoms. The van der Waals surface area contributed by atoms with Crippen LogP contribution in [0.3, 0.4) is 0 Å². The Morgan fingerprint density at radius 3 is 1.94 bits per heavy atom. The van der Waals surface area contributed by atoms with Gasteiger partial charge in [0, 0.05) is 36.9 Å². The van der Waals surface area contributed by atoms with Gasteiger partial charge in [-0.25, -0.2) is 0 Å². The summed E-state index contributed by atoms with van der Waals surface area (Å²) in [7, 11) is 0. The Kier molecular flexibility index (Phi) is 6.74. The van der Waals surface area contributed by atoms with Gasteiger partial charge in [0.1, 0.15) is 17.5 Å². The lowest BCUT2D eigenvalue weighted by Gasteiger charge is -2.40. The molecule has 166 valence electrons. The van der Waals surface area contributed by atoms with Gasteiger partial charge in [0.2, 0.25) is 5.91 Å². The van der Waals surface area contributed by atoms with E-state index in [1.165, 1.54) is 0 Å². The van der Waals surface area contributed by atoms with E-state index in [9.17, 15) is 14.4 Å². The fourth-order valence-electron chi connectivity index (χ4n) is 5.35. The summed E-state index contributed by atoms with van der Waals surface area (Å²) in [5, 5.41) is 0. The molecule has 1 heterocycles. The molecule has 1 amide bonds. The molecule has 1 saturated heterocycles. The van der Waals surface area contributed by atoms with E-state index >= 15 is 0 Å². The van der Waals surface area contributed by atoms with E-state index in [4.69, 9.17) is 0 Å². The largest absolute Gasteiger partial charge is 0.342 e. The van der Waals surface area contributed by atoms with Crippen molar-refractivity contribution < 1.29 is 14.4 Å². The Balaban J connectivity index is 1.70. The molecule has 1 aromatic carbocycles. The Morgan fingerprint density at radius 2 is 1.48 bits per heavy atom.